The molecule has 0 atom stereocenters. The van der Waals surface area contributed by atoms with Crippen LogP contribution in [-0.4, -0.2) is 42.0 Å². The number of fused-ring (bicyclic) bond motifs is 1. The minimum atomic E-state index is -0.437. The van der Waals surface area contributed by atoms with E-state index in [9.17, 15) is 14.4 Å². The molecule has 35 heavy (non-hydrogen) atoms. The summed E-state index contributed by atoms with van der Waals surface area (Å²) in [4.78, 5) is 39.6. The van der Waals surface area contributed by atoms with Gasteiger partial charge in [-0.3, -0.25) is 9.36 Å². The Bertz CT molecular complexity index is 1420. The highest BCUT2D eigenvalue weighted by atomic mass is 16.4. The monoisotopic (exact) mass is 473 g/mol. The molecule has 4 aromatic rings. The Morgan fingerprint density at radius 3 is 2.43 bits per heavy atom. The molecule has 9 nitrogen and oxygen atoms in total. The normalized spacial score (nSPS) is 11.0. The first-order valence-electron chi connectivity index (χ1n) is 11.1. The summed E-state index contributed by atoms with van der Waals surface area (Å²) in [7, 11) is 3.85. The van der Waals surface area contributed by atoms with Crippen LogP contribution in [0.3, 0.4) is 0 Å². The van der Waals surface area contributed by atoms with Crippen LogP contribution in [-0.2, 0) is 6.54 Å². The summed E-state index contributed by atoms with van der Waals surface area (Å²) in [6.45, 7) is 2.98. The number of rotatable bonds is 7. The van der Waals surface area contributed by atoms with Crippen molar-refractivity contribution in [1.29, 1.82) is 0 Å². The predicted molar refractivity (Wildman–Crippen MR) is 137 cm³/mol. The van der Waals surface area contributed by atoms with Crippen LogP contribution in [0.5, 0.6) is 0 Å². The quantitative estimate of drug-likeness (QED) is 0.370. The van der Waals surface area contributed by atoms with E-state index < -0.39 is 11.8 Å². The van der Waals surface area contributed by atoms with Gasteiger partial charge in [0.05, 0.1) is 5.52 Å². The molecule has 1 heterocycles. The average Bonchev–Trinajstić information content (AvgIpc) is 3.13. The minimum Gasteiger partial charge on any atom is -0.408 e. The molecule has 0 aliphatic rings. The van der Waals surface area contributed by atoms with Gasteiger partial charge in [0.2, 0.25) is 0 Å². The number of amides is 3. The van der Waals surface area contributed by atoms with E-state index in [1.165, 1.54) is 0 Å². The zero-order valence-electron chi connectivity index (χ0n) is 19.8. The molecule has 3 amide bonds. The van der Waals surface area contributed by atoms with Gasteiger partial charge in [0.1, 0.15) is 0 Å². The molecule has 3 N–H and O–H groups in total. The van der Waals surface area contributed by atoms with Gasteiger partial charge in [0, 0.05) is 35.7 Å². The number of carbonyl (C=O) groups is 2. The zero-order valence-corrected chi connectivity index (χ0v) is 19.8. The Morgan fingerprint density at radius 2 is 1.69 bits per heavy atom. The number of aromatic nitrogens is 1. The van der Waals surface area contributed by atoms with Crippen LogP contribution in [0.4, 0.5) is 21.9 Å². The van der Waals surface area contributed by atoms with Crippen molar-refractivity contribution < 1.29 is 14.0 Å². The second-order valence-electron chi connectivity index (χ2n) is 8.43. The number of hydrogen-bond donors (Lipinski definition) is 3. The molecule has 1 aromatic heterocycles. The van der Waals surface area contributed by atoms with E-state index in [2.05, 4.69) is 16.0 Å². The smallest absolute Gasteiger partial charge is 0.408 e. The first-order valence-corrected chi connectivity index (χ1v) is 11.1. The van der Waals surface area contributed by atoms with Crippen LogP contribution in [0.25, 0.3) is 11.1 Å². The molecule has 0 unspecified atom stereocenters. The molecule has 0 spiro atoms. The summed E-state index contributed by atoms with van der Waals surface area (Å²) < 4.78 is 6.86. The SMILES string of the molecule is Cc1ccc(C(=O)Nc2ccc3oc(=O)n(CCN(C)C)c3c2)cc1NC(=O)Nc1ccccc1. The fourth-order valence-corrected chi connectivity index (χ4v) is 3.56. The van der Waals surface area contributed by atoms with E-state index >= 15 is 0 Å². The molecule has 0 saturated carbocycles. The third-order valence-electron chi connectivity index (χ3n) is 5.48. The third kappa shape index (κ3) is 5.77. The Kier molecular flexibility index (Phi) is 6.98. The highest BCUT2D eigenvalue weighted by molar-refractivity contribution is 6.07. The van der Waals surface area contributed by atoms with Gasteiger partial charge in [-0.1, -0.05) is 24.3 Å². The van der Waals surface area contributed by atoms with Crippen LogP contribution >= 0.6 is 0 Å². The van der Waals surface area contributed by atoms with Gasteiger partial charge in [0.15, 0.2) is 5.58 Å². The van der Waals surface area contributed by atoms with Crippen molar-refractivity contribution in [3.63, 3.8) is 0 Å². The molecule has 0 saturated heterocycles. The molecule has 9 heteroatoms. The number of para-hydroxylation sites is 1. The number of anilines is 3. The lowest BCUT2D eigenvalue weighted by Crippen LogP contribution is -2.23. The number of nitrogens with one attached hydrogen (secondary N) is 3. The van der Waals surface area contributed by atoms with E-state index in [4.69, 9.17) is 4.42 Å². The maximum absolute atomic E-state index is 13.0. The van der Waals surface area contributed by atoms with Crippen molar-refractivity contribution >= 4 is 40.1 Å². The van der Waals surface area contributed by atoms with Gasteiger partial charge in [0.25, 0.3) is 5.91 Å². The molecular formula is C26H27N5O4. The molecule has 180 valence electrons. The second-order valence-corrected chi connectivity index (χ2v) is 8.43. The van der Waals surface area contributed by atoms with Gasteiger partial charge in [-0.15, -0.1) is 0 Å². The van der Waals surface area contributed by atoms with E-state index in [1.54, 1.807) is 53.1 Å². The van der Waals surface area contributed by atoms with Crippen molar-refractivity contribution in [3.05, 3.63) is 88.4 Å². The summed E-state index contributed by atoms with van der Waals surface area (Å²) >= 11 is 0. The number of carbonyl (C=O) groups excluding carboxylic acids is 2. The van der Waals surface area contributed by atoms with E-state index in [1.807, 2.05) is 44.1 Å². The third-order valence-corrected chi connectivity index (χ3v) is 5.48. The lowest BCUT2D eigenvalue weighted by Gasteiger charge is -2.12. The van der Waals surface area contributed by atoms with Gasteiger partial charge in [-0.05, 0) is 69.0 Å². The molecule has 4 rings (SSSR count). The lowest BCUT2D eigenvalue weighted by atomic mass is 10.1. The molecule has 0 aliphatic carbocycles. The van der Waals surface area contributed by atoms with E-state index in [0.717, 1.165) is 5.56 Å². The summed E-state index contributed by atoms with van der Waals surface area (Å²) in [6.07, 6.45) is 0. The fraction of sp³-hybridized carbons (Fsp3) is 0.192. The van der Waals surface area contributed by atoms with E-state index in [-0.39, 0.29) is 5.91 Å². The first-order chi connectivity index (χ1) is 16.8. The summed E-state index contributed by atoms with van der Waals surface area (Å²) in [5.41, 5.74) is 3.97. The van der Waals surface area contributed by atoms with Crippen LogP contribution < -0.4 is 21.7 Å². The highest BCUT2D eigenvalue weighted by Gasteiger charge is 2.14. The molecule has 0 bridgehead atoms. The fourth-order valence-electron chi connectivity index (χ4n) is 3.56. The zero-order chi connectivity index (χ0) is 24.9. The first kappa shape index (κ1) is 23.8. The van der Waals surface area contributed by atoms with Crippen molar-refractivity contribution in [2.45, 2.75) is 13.5 Å². The summed E-state index contributed by atoms with van der Waals surface area (Å²) in [5.74, 6) is -0.782. The summed E-state index contributed by atoms with van der Waals surface area (Å²) in [6, 6.07) is 18.8. The molecule has 0 radical (unpaired) electrons. The predicted octanol–water partition coefficient (Wildman–Crippen LogP) is 4.36. The number of nitrogens with zero attached hydrogens (tertiary/aromatic N) is 2. The van der Waals surface area contributed by atoms with Crippen LogP contribution in [0.15, 0.2) is 75.9 Å². The number of benzene rings is 3. The maximum atomic E-state index is 13.0. The Balaban J connectivity index is 1.50. The van der Waals surface area contributed by atoms with Crippen LogP contribution in [0, 0.1) is 6.92 Å². The Hall–Kier alpha value is -4.37. The van der Waals surface area contributed by atoms with Crippen molar-refractivity contribution in [3.8, 4) is 0 Å². The molecular weight excluding hydrogens is 446 g/mol. The van der Waals surface area contributed by atoms with Crippen LogP contribution in [0.2, 0.25) is 0 Å². The van der Waals surface area contributed by atoms with Gasteiger partial charge in [-0.2, -0.15) is 0 Å². The number of oxazole rings is 1. The van der Waals surface area contributed by atoms with Gasteiger partial charge in [-0.25, -0.2) is 9.59 Å². The van der Waals surface area contributed by atoms with Crippen molar-refractivity contribution in [2.75, 3.05) is 36.6 Å². The summed E-state index contributed by atoms with van der Waals surface area (Å²) in [5, 5.41) is 8.40. The van der Waals surface area contributed by atoms with E-state index in [0.29, 0.717) is 46.8 Å². The molecule has 3 aromatic carbocycles. The van der Waals surface area contributed by atoms with Crippen molar-refractivity contribution in [1.82, 2.24) is 9.47 Å². The Labute approximate surface area is 202 Å². The standard InChI is InChI=1S/C26H27N5O4/c1-17-9-10-18(15-21(17)29-25(33)28-19-7-5-4-6-8-19)24(32)27-20-11-12-23-22(16-20)31(26(34)35-23)14-13-30(2)3/h4-12,15-16H,13-14H2,1-3H3,(H,27,32)(H2,28,29,33). The number of aryl methyl sites for hydroxylation is 1. The Morgan fingerprint density at radius 1 is 0.914 bits per heavy atom. The molecule has 0 aliphatic heterocycles. The highest BCUT2D eigenvalue weighted by Crippen LogP contribution is 2.21. The average molecular weight is 474 g/mol. The number of urea groups is 1. The number of likely N-dealkylation sites (N-methyl/N-ethyl adjacent to an activating group) is 1. The van der Waals surface area contributed by atoms with Crippen molar-refractivity contribution in [2.24, 2.45) is 0 Å². The largest absolute Gasteiger partial charge is 0.419 e. The van der Waals surface area contributed by atoms with Gasteiger partial charge < -0.3 is 25.3 Å². The van der Waals surface area contributed by atoms with Crippen LogP contribution in [0.1, 0.15) is 15.9 Å². The second kappa shape index (κ2) is 10.3. The topological polar surface area (TPSA) is 109 Å². The lowest BCUT2D eigenvalue weighted by molar-refractivity contribution is 0.102. The minimum absolute atomic E-state index is 0.346. The number of hydrogen-bond acceptors (Lipinski definition) is 5. The van der Waals surface area contributed by atoms with Gasteiger partial charge >= 0.3 is 11.8 Å². The molecule has 0 fully saturated rings. The maximum Gasteiger partial charge on any atom is 0.419 e.